The highest BCUT2D eigenvalue weighted by atomic mass is 35.5. The van der Waals surface area contributed by atoms with Crippen LogP contribution in [0.15, 0.2) is 18.2 Å². The minimum Gasteiger partial charge on any atom is -0.488 e. The summed E-state index contributed by atoms with van der Waals surface area (Å²) in [6, 6.07) is 5.03. The van der Waals surface area contributed by atoms with Gasteiger partial charge < -0.3 is 15.8 Å². The maximum absolute atomic E-state index is 12.9. The van der Waals surface area contributed by atoms with E-state index in [0.29, 0.717) is 16.5 Å². The van der Waals surface area contributed by atoms with Crippen molar-refractivity contribution < 1.29 is 18.3 Å². The number of rotatable bonds is 6. The Morgan fingerprint density at radius 3 is 2.50 bits per heavy atom. The van der Waals surface area contributed by atoms with Gasteiger partial charge in [-0.05, 0) is 43.9 Å². The third kappa shape index (κ3) is 4.05. The molecule has 3 rings (SSSR count). The van der Waals surface area contributed by atoms with Gasteiger partial charge in [-0.15, -0.1) is 0 Å². The van der Waals surface area contributed by atoms with Crippen LogP contribution in [0.3, 0.4) is 0 Å². The van der Waals surface area contributed by atoms with E-state index in [4.69, 9.17) is 22.1 Å². The predicted octanol–water partition coefficient (Wildman–Crippen LogP) is 4.75. The van der Waals surface area contributed by atoms with E-state index in [-0.39, 0.29) is 18.8 Å². The van der Waals surface area contributed by atoms with E-state index in [9.17, 15) is 13.6 Å². The average Bonchev–Trinajstić information content (AvgIpc) is 2.56. The van der Waals surface area contributed by atoms with Gasteiger partial charge in [-0.1, -0.05) is 30.9 Å². The first-order chi connectivity index (χ1) is 12.2. The van der Waals surface area contributed by atoms with E-state index in [1.165, 1.54) is 6.42 Å². The van der Waals surface area contributed by atoms with Crippen molar-refractivity contribution in [3.8, 4) is 5.75 Å². The zero-order chi connectivity index (χ0) is 18.9. The second-order valence-corrected chi connectivity index (χ2v) is 8.08. The Kier molecular flexibility index (Phi) is 5.33. The molecule has 2 aliphatic rings. The zero-order valence-electron chi connectivity index (χ0n) is 14.9. The molecule has 1 unspecified atom stereocenters. The molecule has 1 atom stereocenters. The first-order valence-corrected chi connectivity index (χ1v) is 9.49. The molecule has 4 nitrogen and oxygen atoms in total. The van der Waals surface area contributed by atoms with Crippen LogP contribution >= 0.6 is 11.6 Å². The molecule has 0 radical (unpaired) electrons. The number of hydrogen-bond acceptors (Lipinski definition) is 3. The molecule has 2 fully saturated rings. The Morgan fingerprint density at radius 2 is 1.96 bits per heavy atom. The number of ether oxygens (including phenoxy) is 1. The molecule has 0 saturated heterocycles. The molecule has 0 aromatic heterocycles. The van der Waals surface area contributed by atoms with Crippen LogP contribution in [-0.4, -0.2) is 23.5 Å². The van der Waals surface area contributed by atoms with Gasteiger partial charge in [0.2, 0.25) is 5.91 Å². The van der Waals surface area contributed by atoms with Crippen molar-refractivity contribution in [2.45, 2.75) is 69.4 Å². The van der Waals surface area contributed by atoms with Crippen LogP contribution in [0.25, 0.3) is 0 Å². The quantitative estimate of drug-likeness (QED) is 0.741. The molecule has 1 aromatic rings. The fourth-order valence-corrected chi connectivity index (χ4v) is 4.11. The highest BCUT2D eigenvalue weighted by Crippen LogP contribution is 2.42. The van der Waals surface area contributed by atoms with Gasteiger partial charge in [0.05, 0.1) is 5.02 Å². The molecule has 0 heterocycles. The monoisotopic (exact) mass is 386 g/mol. The lowest BCUT2D eigenvalue weighted by Gasteiger charge is -2.39. The molecule has 0 bridgehead atoms. The van der Waals surface area contributed by atoms with Gasteiger partial charge in [-0.25, -0.2) is 8.78 Å². The van der Waals surface area contributed by atoms with E-state index in [2.05, 4.69) is 5.32 Å². The molecule has 144 valence electrons. The van der Waals surface area contributed by atoms with Crippen LogP contribution < -0.4 is 15.8 Å². The summed E-state index contributed by atoms with van der Waals surface area (Å²) < 4.78 is 31.4. The number of alkyl halides is 2. The Balaban J connectivity index is 1.70. The number of hydrogen-bond donors (Lipinski definition) is 2. The molecular formula is C19H25ClF2N2O2. The normalized spacial score (nSPS) is 22.9. The molecule has 1 amide bonds. The predicted molar refractivity (Wildman–Crippen MR) is 97.8 cm³/mol. The third-order valence-corrected chi connectivity index (χ3v) is 5.91. The van der Waals surface area contributed by atoms with Crippen molar-refractivity contribution in [1.82, 2.24) is 0 Å². The van der Waals surface area contributed by atoms with Gasteiger partial charge in [-0.2, -0.15) is 0 Å². The summed E-state index contributed by atoms with van der Waals surface area (Å²) >= 11 is 6.25. The zero-order valence-corrected chi connectivity index (χ0v) is 15.6. The molecule has 2 aliphatic carbocycles. The Bertz CT molecular complexity index is 672. The number of carbonyl (C=O) groups is 1. The summed E-state index contributed by atoms with van der Waals surface area (Å²) in [6.07, 6.45) is 4.19. The minimum absolute atomic E-state index is 0.167. The summed E-state index contributed by atoms with van der Waals surface area (Å²) in [5, 5.41) is 3.57. The molecule has 2 saturated carbocycles. The van der Waals surface area contributed by atoms with Gasteiger partial charge in [0, 0.05) is 18.5 Å². The molecule has 0 aliphatic heterocycles. The topological polar surface area (TPSA) is 64.3 Å². The SMILES string of the molecule is CC(Nc1ccc(OC2CC(F)(F)C2)c(Cl)c1)(C(N)=O)C1CCCCC1. The number of nitrogens with two attached hydrogens (primary N) is 1. The second-order valence-electron chi connectivity index (χ2n) is 7.68. The van der Waals surface area contributed by atoms with Crippen molar-refractivity contribution >= 4 is 23.2 Å². The lowest BCUT2D eigenvalue weighted by atomic mass is 9.75. The standard InChI is InChI=1S/C19H25ClF2N2O2/c1-18(17(23)25,12-5-3-2-4-6-12)24-13-7-8-16(15(20)9-13)26-14-10-19(21,22)11-14/h7-9,12,14,24H,2-6,10-11H2,1H3,(H2,23,25). The first-order valence-electron chi connectivity index (χ1n) is 9.12. The number of primary amides is 1. The smallest absolute Gasteiger partial charge is 0.255 e. The number of anilines is 1. The highest BCUT2D eigenvalue weighted by molar-refractivity contribution is 6.32. The van der Waals surface area contributed by atoms with Crippen LogP contribution in [0.4, 0.5) is 14.5 Å². The third-order valence-electron chi connectivity index (χ3n) is 5.62. The maximum Gasteiger partial charge on any atom is 0.255 e. The van der Waals surface area contributed by atoms with Gasteiger partial charge in [0.1, 0.15) is 17.4 Å². The van der Waals surface area contributed by atoms with E-state index < -0.39 is 23.5 Å². The maximum atomic E-state index is 12.9. The fourth-order valence-electron chi connectivity index (χ4n) is 3.89. The molecule has 0 spiro atoms. The summed E-state index contributed by atoms with van der Waals surface area (Å²) in [7, 11) is 0. The minimum atomic E-state index is -2.64. The van der Waals surface area contributed by atoms with Crippen molar-refractivity contribution in [1.29, 1.82) is 0 Å². The summed E-state index contributed by atoms with van der Waals surface area (Å²) in [5.41, 5.74) is 5.51. The summed E-state index contributed by atoms with van der Waals surface area (Å²) in [5.74, 6) is -2.49. The molecule has 7 heteroatoms. The lowest BCUT2D eigenvalue weighted by molar-refractivity contribution is -0.134. The van der Waals surface area contributed by atoms with Gasteiger partial charge in [-0.3, -0.25) is 4.79 Å². The van der Waals surface area contributed by atoms with Crippen LogP contribution in [0.1, 0.15) is 51.9 Å². The molecule has 1 aromatic carbocycles. The van der Waals surface area contributed by atoms with Crippen LogP contribution in [0.5, 0.6) is 5.75 Å². The van der Waals surface area contributed by atoms with Gasteiger partial charge in [0.25, 0.3) is 5.92 Å². The van der Waals surface area contributed by atoms with E-state index in [0.717, 1.165) is 25.7 Å². The van der Waals surface area contributed by atoms with E-state index in [1.807, 2.05) is 6.92 Å². The second kappa shape index (κ2) is 7.22. The van der Waals surface area contributed by atoms with Crippen LogP contribution in [0, 0.1) is 5.92 Å². The summed E-state index contributed by atoms with van der Waals surface area (Å²) in [6.45, 7) is 1.83. The largest absolute Gasteiger partial charge is 0.488 e. The van der Waals surface area contributed by atoms with Crippen LogP contribution in [0.2, 0.25) is 5.02 Å². The molecular weight excluding hydrogens is 362 g/mol. The van der Waals surface area contributed by atoms with Gasteiger partial charge >= 0.3 is 0 Å². The van der Waals surface area contributed by atoms with E-state index in [1.54, 1.807) is 18.2 Å². The fraction of sp³-hybridized carbons (Fsp3) is 0.632. The summed E-state index contributed by atoms with van der Waals surface area (Å²) in [4.78, 5) is 12.2. The van der Waals surface area contributed by atoms with Crippen LogP contribution in [-0.2, 0) is 4.79 Å². The van der Waals surface area contributed by atoms with E-state index >= 15 is 0 Å². The van der Waals surface area contributed by atoms with Gasteiger partial charge in [0.15, 0.2) is 0 Å². The Labute approximate surface area is 157 Å². The number of halogens is 3. The number of nitrogens with one attached hydrogen (secondary N) is 1. The molecule has 26 heavy (non-hydrogen) atoms. The number of carbonyl (C=O) groups excluding carboxylic acids is 1. The number of amides is 1. The number of benzene rings is 1. The highest BCUT2D eigenvalue weighted by Gasteiger charge is 2.47. The Hall–Kier alpha value is -1.56. The lowest BCUT2D eigenvalue weighted by Crippen LogP contribution is -2.54. The van der Waals surface area contributed by atoms with Crippen molar-refractivity contribution in [2.75, 3.05) is 5.32 Å². The van der Waals surface area contributed by atoms with Crippen molar-refractivity contribution in [2.24, 2.45) is 11.7 Å². The van der Waals surface area contributed by atoms with Crippen molar-refractivity contribution in [3.05, 3.63) is 23.2 Å². The average molecular weight is 387 g/mol. The molecule has 3 N–H and O–H groups in total. The van der Waals surface area contributed by atoms with Crippen molar-refractivity contribution in [3.63, 3.8) is 0 Å². The Morgan fingerprint density at radius 1 is 1.31 bits per heavy atom. The first kappa shape index (κ1) is 19.2.